The fourth-order valence-electron chi connectivity index (χ4n) is 3.64. The van der Waals surface area contributed by atoms with Crippen molar-refractivity contribution < 1.29 is 4.79 Å². The van der Waals surface area contributed by atoms with Crippen LogP contribution in [0.2, 0.25) is 0 Å². The van der Waals surface area contributed by atoms with E-state index < -0.39 is 0 Å². The summed E-state index contributed by atoms with van der Waals surface area (Å²) in [5, 5.41) is 0. The quantitative estimate of drug-likeness (QED) is 0.778. The van der Waals surface area contributed by atoms with Gasteiger partial charge in [0, 0.05) is 25.6 Å². The van der Waals surface area contributed by atoms with Crippen LogP contribution < -0.4 is 0 Å². The summed E-state index contributed by atoms with van der Waals surface area (Å²) in [4.78, 5) is 17.1. The van der Waals surface area contributed by atoms with E-state index in [1.165, 1.54) is 45.2 Å². The number of hydrogen-bond acceptors (Lipinski definition) is 2. The summed E-state index contributed by atoms with van der Waals surface area (Å²) in [6, 6.07) is 0.653. The van der Waals surface area contributed by atoms with Gasteiger partial charge in [0.15, 0.2) is 0 Å². The molecule has 3 nitrogen and oxygen atoms in total. The molecule has 2 aliphatic rings. The number of carbonyl (C=O) groups is 1. The third-order valence-corrected chi connectivity index (χ3v) is 5.39. The molecule has 0 aromatic heterocycles. The number of amides is 1. The first kappa shape index (κ1) is 19.5. The van der Waals surface area contributed by atoms with Gasteiger partial charge in [0.25, 0.3) is 0 Å². The summed E-state index contributed by atoms with van der Waals surface area (Å²) < 4.78 is 0. The number of nitrogens with zero attached hydrogens (tertiary/aromatic N) is 2. The summed E-state index contributed by atoms with van der Waals surface area (Å²) in [6.45, 7) is 15.2. The Morgan fingerprint density at radius 1 is 0.955 bits per heavy atom. The summed E-state index contributed by atoms with van der Waals surface area (Å²) in [5.74, 6) is 1.90. The Kier molecular flexibility index (Phi) is 9.08. The van der Waals surface area contributed by atoms with Crippen LogP contribution >= 0.6 is 0 Å². The molecule has 0 bridgehead atoms. The molecule has 2 saturated heterocycles. The van der Waals surface area contributed by atoms with Crippen LogP contribution in [0.3, 0.4) is 0 Å². The van der Waals surface area contributed by atoms with E-state index in [2.05, 4.69) is 30.6 Å². The van der Waals surface area contributed by atoms with Crippen LogP contribution in [0.1, 0.15) is 73.1 Å². The molecule has 130 valence electrons. The third-order valence-electron chi connectivity index (χ3n) is 5.39. The average molecular weight is 311 g/mol. The zero-order valence-corrected chi connectivity index (χ0v) is 15.6. The number of hydrogen-bond donors (Lipinski definition) is 0. The van der Waals surface area contributed by atoms with Gasteiger partial charge in [-0.05, 0) is 64.5 Å². The van der Waals surface area contributed by atoms with Gasteiger partial charge in [0.2, 0.25) is 5.91 Å². The maximum Gasteiger partial charge on any atom is 0.222 e. The van der Waals surface area contributed by atoms with E-state index in [9.17, 15) is 4.79 Å². The normalized spacial score (nSPS) is 21.6. The second-order valence-electron chi connectivity index (χ2n) is 7.01. The van der Waals surface area contributed by atoms with Crippen molar-refractivity contribution in [3.05, 3.63) is 0 Å². The Balaban J connectivity index is 0.00000116. The van der Waals surface area contributed by atoms with E-state index in [1.54, 1.807) is 0 Å². The second-order valence-corrected chi connectivity index (χ2v) is 7.01. The molecular weight excluding hydrogens is 272 g/mol. The Bertz CT molecular complexity index is 301. The summed E-state index contributed by atoms with van der Waals surface area (Å²) >= 11 is 0. The zero-order valence-electron chi connectivity index (χ0n) is 15.6. The molecule has 0 aliphatic carbocycles. The molecule has 22 heavy (non-hydrogen) atoms. The minimum absolute atomic E-state index is 0.419. The topological polar surface area (TPSA) is 23.6 Å². The van der Waals surface area contributed by atoms with E-state index in [-0.39, 0.29) is 0 Å². The molecule has 3 heteroatoms. The molecule has 1 amide bonds. The molecule has 0 unspecified atom stereocenters. The molecular formula is C19H38N2O. The van der Waals surface area contributed by atoms with Gasteiger partial charge in [-0.3, -0.25) is 4.79 Å². The molecule has 0 aromatic rings. The number of rotatable bonds is 4. The zero-order chi connectivity index (χ0) is 16.5. The summed E-state index contributed by atoms with van der Waals surface area (Å²) in [6.07, 6.45) is 6.91. The van der Waals surface area contributed by atoms with Crippen LogP contribution in [0.25, 0.3) is 0 Å². The molecule has 0 aromatic carbocycles. The van der Waals surface area contributed by atoms with Crippen LogP contribution in [-0.4, -0.2) is 47.9 Å². The summed E-state index contributed by atoms with van der Waals surface area (Å²) in [5.41, 5.74) is 0. The van der Waals surface area contributed by atoms with Gasteiger partial charge in [-0.1, -0.05) is 27.2 Å². The van der Waals surface area contributed by atoms with Crippen LogP contribution in [0.5, 0.6) is 0 Å². The van der Waals surface area contributed by atoms with Crippen molar-refractivity contribution in [3.63, 3.8) is 0 Å². The molecule has 0 atom stereocenters. The predicted molar refractivity (Wildman–Crippen MR) is 95.0 cm³/mol. The van der Waals surface area contributed by atoms with Crippen molar-refractivity contribution in [2.75, 3.05) is 26.2 Å². The predicted octanol–water partition coefficient (Wildman–Crippen LogP) is 4.17. The highest BCUT2D eigenvalue weighted by molar-refractivity contribution is 5.76. The fourth-order valence-corrected chi connectivity index (χ4v) is 3.64. The highest BCUT2D eigenvalue weighted by Crippen LogP contribution is 2.25. The fraction of sp³-hybridized carbons (Fsp3) is 0.947. The van der Waals surface area contributed by atoms with Crippen molar-refractivity contribution in [1.29, 1.82) is 0 Å². The number of likely N-dealkylation sites (tertiary alicyclic amines) is 2. The average Bonchev–Trinajstić information content (AvgIpc) is 2.57. The maximum absolute atomic E-state index is 12.4. The molecule has 0 radical (unpaired) electrons. The lowest BCUT2D eigenvalue weighted by Gasteiger charge is -2.36. The monoisotopic (exact) mass is 310 g/mol. The Labute approximate surface area is 138 Å². The first-order chi connectivity index (χ1) is 10.6. The van der Waals surface area contributed by atoms with E-state index >= 15 is 0 Å². The van der Waals surface area contributed by atoms with E-state index in [0.29, 0.717) is 17.9 Å². The van der Waals surface area contributed by atoms with Gasteiger partial charge in [-0.25, -0.2) is 0 Å². The van der Waals surface area contributed by atoms with Crippen molar-refractivity contribution >= 4 is 5.91 Å². The molecule has 2 fully saturated rings. The summed E-state index contributed by atoms with van der Waals surface area (Å²) in [7, 11) is 0. The maximum atomic E-state index is 12.4. The smallest absolute Gasteiger partial charge is 0.222 e. The lowest BCUT2D eigenvalue weighted by atomic mass is 9.90. The van der Waals surface area contributed by atoms with Gasteiger partial charge in [-0.15, -0.1) is 0 Å². The van der Waals surface area contributed by atoms with Crippen molar-refractivity contribution in [1.82, 2.24) is 9.80 Å². The lowest BCUT2D eigenvalue weighted by molar-refractivity contribution is -0.134. The standard InChI is InChI=1S/C17H32N2O.C2H6/c1-4-15-5-11-19(12-6-15)17(20)13-16-7-9-18(10-8-16)14(2)3;1-2/h14-16H,4-13H2,1-3H3;1-2H3. The van der Waals surface area contributed by atoms with Crippen LogP contribution in [0, 0.1) is 11.8 Å². The van der Waals surface area contributed by atoms with Crippen LogP contribution in [0.4, 0.5) is 0 Å². The number of piperidine rings is 2. The van der Waals surface area contributed by atoms with Gasteiger partial charge >= 0.3 is 0 Å². The SMILES string of the molecule is CC.CCC1CCN(C(=O)CC2CCN(C(C)C)CC2)CC1. The van der Waals surface area contributed by atoms with Crippen LogP contribution in [0.15, 0.2) is 0 Å². The van der Waals surface area contributed by atoms with E-state index in [4.69, 9.17) is 0 Å². The second kappa shape index (κ2) is 10.3. The van der Waals surface area contributed by atoms with Crippen molar-refractivity contribution in [2.24, 2.45) is 11.8 Å². The first-order valence-electron chi connectivity index (χ1n) is 9.62. The van der Waals surface area contributed by atoms with Crippen LogP contribution in [-0.2, 0) is 4.79 Å². The van der Waals surface area contributed by atoms with Gasteiger partial charge in [0.05, 0.1) is 0 Å². The Hall–Kier alpha value is -0.570. The van der Waals surface area contributed by atoms with E-state index in [0.717, 1.165) is 25.4 Å². The van der Waals surface area contributed by atoms with E-state index in [1.807, 2.05) is 13.8 Å². The molecule has 0 spiro atoms. The first-order valence-corrected chi connectivity index (χ1v) is 9.62. The van der Waals surface area contributed by atoms with Gasteiger partial charge < -0.3 is 9.80 Å². The minimum Gasteiger partial charge on any atom is -0.343 e. The van der Waals surface area contributed by atoms with Gasteiger partial charge in [0.1, 0.15) is 0 Å². The minimum atomic E-state index is 0.419. The third kappa shape index (κ3) is 5.91. The molecule has 0 saturated carbocycles. The highest BCUT2D eigenvalue weighted by Gasteiger charge is 2.26. The Morgan fingerprint density at radius 3 is 1.91 bits per heavy atom. The molecule has 2 heterocycles. The van der Waals surface area contributed by atoms with Crippen molar-refractivity contribution in [2.45, 2.75) is 79.2 Å². The lowest BCUT2D eigenvalue weighted by Crippen LogP contribution is -2.42. The number of carbonyl (C=O) groups excluding carboxylic acids is 1. The van der Waals surface area contributed by atoms with Crippen molar-refractivity contribution in [3.8, 4) is 0 Å². The Morgan fingerprint density at radius 2 is 1.45 bits per heavy atom. The largest absolute Gasteiger partial charge is 0.343 e. The molecule has 0 N–H and O–H groups in total. The molecule has 2 rings (SSSR count). The molecule has 2 aliphatic heterocycles. The van der Waals surface area contributed by atoms with Gasteiger partial charge in [-0.2, -0.15) is 0 Å². The highest BCUT2D eigenvalue weighted by atomic mass is 16.2.